The Hall–Kier alpha value is -1.38. The van der Waals surface area contributed by atoms with Gasteiger partial charge < -0.3 is 5.11 Å². The van der Waals surface area contributed by atoms with Gasteiger partial charge in [-0.1, -0.05) is 11.6 Å². The van der Waals surface area contributed by atoms with Crippen molar-refractivity contribution in [3.8, 4) is 5.75 Å². The molecule has 0 heterocycles. The minimum absolute atomic E-state index is 0.0719. The van der Waals surface area contributed by atoms with Crippen molar-refractivity contribution >= 4 is 17.7 Å². The number of rotatable bonds is 2. The molecule has 0 unspecified atom stereocenters. The first kappa shape index (κ1) is 10.1. The fraction of sp³-hybridized carbons (Fsp3) is 0.300. The largest absolute Gasteiger partial charge is 0.504 e. The Labute approximate surface area is 90.2 Å². The van der Waals surface area contributed by atoms with Crippen molar-refractivity contribution < 1.29 is 14.3 Å². The van der Waals surface area contributed by atoms with Crippen molar-refractivity contribution in [2.45, 2.75) is 18.4 Å². The summed E-state index contributed by atoms with van der Waals surface area (Å²) < 4.78 is 13.2. The molecule has 0 aromatic heterocycles. The summed E-state index contributed by atoms with van der Waals surface area (Å²) in [5.74, 6) is -1.38. The molecule has 5 heteroatoms. The van der Waals surface area contributed by atoms with Gasteiger partial charge in [0.25, 0.3) is 0 Å². The van der Waals surface area contributed by atoms with Crippen LogP contribution in [0.15, 0.2) is 17.1 Å². The number of aliphatic imine (C=N–C) groups is 1. The van der Waals surface area contributed by atoms with Crippen molar-refractivity contribution in [2.24, 2.45) is 4.99 Å². The molecule has 3 nitrogen and oxygen atoms in total. The minimum atomic E-state index is -0.801. The first-order valence-electron chi connectivity index (χ1n) is 4.36. The number of phenolic OH excluding ortho intramolecular Hbond substituents is 1. The van der Waals surface area contributed by atoms with Gasteiger partial charge in [-0.25, -0.2) is 9.18 Å². The second kappa shape index (κ2) is 3.33. The molecule has 0 spiro atoms. The van der Waals surface area contributed by atoms with Crippen LogP contribution in [-0.4, -0.2) is 11.2 Å². The Kier molecular flexibility index (Phi) is 2.25. The Morgan fingerprint density at radius 2 is 2.20 bits per heavy atom. The third kappa shape index (κ3) is 1.62. The van der Waals surface area contributed by atoms with Crippen LogP contribution in [0.25, 0.3) is 0 Å². The molecule has 1 aromatic rings. The van der Waals surface area contributed by atoms with Gasteiger partial charge in [-0.3, -0.25) is 0 Å². The van der Waals surface area contributed by atoms with Crippen LogP contribution in [0.2, 0.25) is 5.02 Å². The van der Waals surface area contributed by atoms with Crippen LogP contribution < -0.4 is 0 Å². The molecule has 2 rings (SSSR count). The molecule has 1 aliphatic carbocycles. The molecule has 1 aromatic carbocycles. The Balaban J connectivity index is 2.51. The van der Waals surface area contributed by atoms with E-state index in [9.17, 15) is 9.18 Å². The normalized spacial score (nSPS) is 16.9. The van der Waals surface area contributed by atoms with Crippen molar-refractivity contribution in [2.75, 3.05) is 0 Å². The predicted molar refractivity (Wildman–Crippen MR) is 52.1 cm³/mol. The van der Waals surface area contributed by atoms with Crippen LogP contribution in [0.1, 0.15) is 18.4 Å². The molecule has 0 aliphatic heterocycles. The number of nitrogens with zero attached hydrogens (tertiary/aromatic N) is 1. The number of hydrogen-bond donors (Lipinski definition) is 1. The van der Waals surface area contributed by atoms with Crippen molar-refractivity contribution in [3.63, 3.8) is 0 Å². The molecule has 1 saturated carbocycles. The molecular weight excluding hydrogens is 221 g/mol. The van der Waals surface area contributed by atoms with E-state index in [0.29, 0.717) is 18.4 Å². The molecule has 0 bridgehead atoms. The smallest absolute Gasteiger partial charge is 0.235 e. The van der Waals surface area contributed by atoms with Crippen LogP contribution in [0, 0.1) is 5.82 Å². The van der Waals surface area contributed by atoms with Crippen LogP contribution in [0.4, 0.5) is 4.39 Å². The number of halogens is 2. The monoisotopic (exact) mass is 227 g/mol. The number of isocyanates is 1. The number of carbonyl (C=O) groups excluding carboxylic acids is 1. The molecule has 1 aliphatic rings. The summed E-state index contributed by atoms with van der Waals surface area (Å²) in [5, 5.41) is 9.06. The highest BCUT2D eigenvalue weighted by Crippen LogP contribution is 2.50. The Bertz CT molecular complexity index is 441. The lowest BCUT2D eigenvalue weighted by molar-refractivity contribution is 0.431. The summed E-state index contributed by atoms with van der Waals surface area (Å²) in [5.41, 5.74) is -0.161. The molecule has 0 atom stereocenters. The molecule has 0 radical (unpaired) electrons. The summed E-state index contributed by atoms with van der Waals surface area (Å²) >= 11 is 5.62. The van der Waals surface area contributed by atoms with E-state index in [1.165, 1.54) is 12.1 Å². The lowest BCUT2D eigenvalue weighted by atomic mass is 10.1. The maximum atomic E-state index is 13.2. The number of aromatic hydroxyl groups is 1. The maximum absolute atomic E-state index is 13.2. The molecule has 15 heavy (non-hydrogen) atoms. The van der Waals surface area contributed by atoms with Gasteiger partial charge in [-0.05, 0) is 30.5 Å². The van der Waals surface area contributed by atoms with Crippen molar-refractivity contribution in [3.05, 3.63) is 28.5 Å². The highest BCUT2D eigenvalue weighted by Gasteiger charge is 2.45. The fourth-order valence-electron chi connectivity index (χ4n) is 1.50. The zero-order valence-electron chi connectivity index (χ0n) is 7.63. The van der Waals surface area contributed by atoms with Gasteiger partial charge in [0.1, 0.15) is 0 Å². The number of hydrogen-bond acceptors (Lipinski definition) is 3. The van der Waals surface area contributed by atoms with E-state index >= 15 is 0 Å². The third-order valence-corrected chi connectivity index (χ3v) is 2.83. The fourth-order valence-corrected chi connectivity index (χ4v) is 1.71. The summed E-state index contributed by atoms with van der Waals surface area (Å²) in [6.07, 6.45) is 2.81. The second-order valence-corrected chi connectivity index (χ2v) is 3.93. The highest BCUT2D eigenvalue weighted by molar-refractivity contribution is 6.32. The lowest BCUT2D eigenvalue weighted by Crippen LogP contribution is -2.02. The van der Waals surface area contributed by atoms with Crippen LogP contribution in [0.3, 0.4) is 0 Å². The van der Waals surface area contributed by atoms with Crippen LogP contribution in [-0.2, 0) is 10.3 Å². The number of benzene rings is 1. The van der Waals surface area contributed by atoms with E-state index in [2.05, 4.69) is 4.99 Å². The summed E-state index contributed by atoms with van der Waals surface area (Å²) in [6.45, 7) is 0. The summed E-state index contributed by atoms with van der Waals surface area (Å²) in [4.78, 5) is 13.8. The van der Waals surface area contributed by atoms with E-state index in [-0.39, 0.29) is 5.02 Å². The van der Waals surface area contributed by atoms with E-state index < -0.39 is 17.1 Å². The van der Waals surface area contributed by atoms with E-state index in [4.69, 9.17) is 16.7 Å². The second-order valence-electron chi connectivity index (χ2n) is 3.52. The van der Waals surface area contributed by atoms with Gasteiger partial charge in [-0.15, -0.1) is 0 Å². The molecule has 1 fully saturated rings. The van der Waals surface area contributed by atoms with Gasteiger partial charge >= 0.3 is 0 Å². The van der Waals surface area contributed by atoms with E-state index in [1.807, 2.05) is 0 Å². The Morgan fingerprint density at radius 1 is 1.53 bits per heavy atom. The first-order valence-corrected chi connectivity index (χ1v) is 4.74. The Morgan fingerprint density at radius 3 is 2.67 bits per heavy atom. The highest BCUT2D eigenvalue weighted by atomic mass is 35.5. The average molecular weight is 228 g/mol. The zero-order valence-corrected chi connectivity index (χ0v) is 8.38. The van der Waals surface area contributed by atoms with Gasteiger partial charge in [0, 0.05) is 0 Å². The number of phenols is 1. The summed E-state index contributed by atoms with van der Waals surface area (Å²) in [7, 11) is 0. The zero-order chi connectivity index (χ0) is 11.1. The van der Waals surface area contributed by atoms with E-state index in [1.54, 1.807) is 0 Å². The van der Waals surface area contributed by atoms with Gasteiger partial charge in [0.2, 0.25) is 6.08 Å². The van der Waals surface area contributed by atoms with Crippen LogP contribution in [0.5, 0.6) is 5.75 Å². The maximum Gasteiger partial charge on any atom is 0.235 e. The topological polar surface area (TPSA) is 49.7 Å². The van der Waals surface area contributed by atoms with Gasteiger partial charge in [-0.2, -0.15) is 4.99 Å². The molecular formula is C10H7ClFNO2. The molecule has 78 valence electrons. The minimum Gasteiger partial charge on any atom is -0.504 e. The quantitative estimate of drug-likeness (QED) is 0.623. The van der Waals surface area contributed by atoms with Crippen molar-refractivity contribution in [1.82, 2.24) is 0 Å². The average Bonchev–Trinajstić information content (AvgIpc) is 2.95. The standard InChI is InChI=1S/C10H7ClFNO2/c11-7-3-6(4-8(12)9(7)15)10(1-2-10)13-5-14/h3-4,15H,1-2H2. The molecule has 1 N–H and O–H groups in total. The van der Waals surface area contributed by atoms with Crippen LogP contribution >= 0.6 is 11.6 Å². The van der Waals surface area contributed by atoms with Gasteiger partial charge in [0.15, 0.2) is 11.6 Å². The lowest BCUT2D eigenvalue weighted by Gasteiger charge is -2.09. The molecule has 0 amide bonds. The SMILES string of the molecule is O=C=NC1(c2cc(F)c(O)c(Cl)c2)CC1. The first-order chi connectivity index (χ1) is 7.09. The van der Waals surface area contributed by atoms with Crippen molar-refractivity contribution in [1.29, 1.82) is 0 Å². The van der Waals surface area contributed by atoms with E-state index in [0.717, 1.165) is 6.07 Å². The molecule has 0 saturated heterocycles. The predicted octanol–water partition coefficient (Wildman–Crippen LogP) is 2.51. The summed E-state index contributed by atoms with van der Waals surface area (Å²) in [6, 6.07) is 2.57. The van der Waals surface area contributed by atoms with Gasteiger partial charge in [0.05, 0.1) is 10.6 Å². The third-order valence-electron chi connectivity index (χ3n) is 2.54.